The molecule has 1 aromatic carbocycles. The van der Waals surface area contributed by atoms with Gasteiger partial charge in [0.1, 0.15) is 18.8 Å². The average Bonchev–Trinajstić information content (AvgIpc) is 2.69. The third kappa shape index (κ3) is 10.5. The van der Waals surface area contributed by atoms with Gasteiger partial charge >= 0.3 is 19.4 Å². The van der Waals surface area contributed by atoms with Gasteiger partial charge < -0.3 is 24.6 Å². The number of hydrogen-bond donors (Lipinski definition) is 2. The zero-order chi connectivity index (χ0) is 24.4. The second kappa shape index (κ2) is 12.8. The van der Waals surface area contributed by atoms with Crippen LogP contribution in [0.1, 0.15) is 46.6 Å². The van der Waals surface area contributed by atoms with E-state index in [-0.39, 0.29) is 31.1 Å². The third-order valence-electron chi connectivity index (χ3n) is 4.62. The molecule has 0 saturated heterocycles. The molecule has 32 heavy (non-hydrogen) atoms. The van der Waals surface area contributed by atoms with E-state index in [1.165, 1.54) is 20.8 Å². The fraction of sp³-hybridized carbons (Fsp3) is 0.591. The van der Waals surface area contributed by atoms with Gasteiger partial charge in [-0.15, -0.1) is 0 Å². The smallest absolute Gasteiger partial charge is 0.330 e. The van der Waals surface area contributed by atoms with Crippen LogP contribution in [0.5, 0.6) is 0 Å². The van der Waals surface area contributed by atoms with Crippen molar-refractivity contribution in [2.75, 3.05) is 26.4 Å². The maximum absolute atomic E-state index is 11.8. The fourth-order valence-corrected chi connectivity index (χ4v) is 3.08. The minimum Gasteiger partial charge on any atom is -0.463 e. The molecule has 0 spiro atoms. The first-order valence-corrected chi connectivity index (χ1v) is 10.7. The molecule has 0 atom stereocenters. The van der Waals surface area contributed by atoms with E-state index in [9.17, 15) is 19.5 Å². The number of benzene rings is 1. The third-order valence-corrected chi connectivity index (χ3v) is 4.97. The van der Waals surface area contributed by atoms with E-state index in [4.69, 9.17) is 25.7 Å². The normalized spacial score (nSPS) is 11.6. The van der Waals surface area contributed by atoms with E-state index in [0.29, 0.717) is 24.5 Å². The van der Waals surface area contributed by atoms with E-state index in [1.54, 1.807) is 13.5 Å². The van der Waals surface area contributed by atoms with Crippen LogP contribution in [0.3, 0.4) is 0 Å². The molecule has 0 heterocycles. The molecule has 10 heteroatoms. The molecule has 0 fully saturated rings. The van der Waals surface area contributed by atoms with E-state index in [1.807, 2.05) is 26.0 Å². The quantitative estimate of drug-likeness (QED) is 0.334. The summed E-state index contributed by atoms with van der Waals surface area (Å²) in [6.07, 6.45) is 0.747. The van der Waals surface area contributed by atoms with Crippen molar-refractivity contribution in [2.24, 2.45) is 5.41 Å². The first kappa shape index (κ1) is 27.9. The summed E-state index contributed by atoms with van der Waals surface area (Å²) >= 11 is 6.44. The Morgan fingerprint density at radius 2 is 1.66 bits per heavy atom. The molecular weight excluding hydrogens is 437 g/mol. The van der Waals surface area contributed by atoms with E-state index in [2.05, 4.69) is 5.32 Å². The van der Waals surface area contributed by atoms with Crippen LogP contribution in [0, 0.1) is 5.41 Å². The summed E-state index contributed by atoms with van der Waals surface area (Å²) in [5, 5.41) is 12.6. The van der Waals surface area contributed by atoms with E-state index < -0.39 is 17.5 Å². The molecule has 0 aliphatic carbocycles. The SMILES string of the molecule is CC(=O)NC(CCc1ccc([B]OCC(C)(C)CO)cc1Cl)(COC(C)=O)COC(C)=O. The highest BCUT2D eigenvalue weighted by Gasteiger charge is 2.34. The number of rotatable bonds is 13. The topological polar surface area (TPSA) is 111 Å². The van der Waals surface area contributed by atoms with Crippen LogP contribution >= 0.6 is 11.6 Å². The van der Waals surface area contributed by atoms with Crippen molar-refractivity contribution >= 4 is 42.4 Å². The lowest BCUT2D eigenvalue weighted by molar-refractivity contribution is -0.150. The van der Waals surface area contributed by atoms with Crippen molar-refractivity contribution in [1.29, 1.82) is 0 Å². The van der Waals surface area contributed by atoms with Gasteiger partial charge in [0.05, 0.1) is 6.61 Å². The largest absolute Gasteiger partial charge is 0.463 e. The number of nitrogens with one attached hydrogen (secondary N) is 1. The van der Waals surface area contributed by atoms with Gasteiger partial charge in [-0.05, 0) is 24.5 Å². The van der Waals surface area contributed by atoms with E-state index >= 15 is 0 Å². The highest BCUT2D eigenvalue weighted by Crippen LogP contribution is 2.22. The molecule has 8 nitrogen and oxygen atoms in total. The molecule has 0 saturated carbocycles. The van der Waals surface area contributed by atoms with Crippen molar-refractivity contribution in [3.63, 3.8) is 0 Å². The van der Waals surface area contributed by atoms with Crippen LogP contribution in [-0.4, -0.2) is 62.4 Å². The Labute approximate surface area is 195 Å². The van der Waals surface area contributed by atoms with Gasteiger partial charge in [0, 0.05) is 37.8 Å². The Kier molecular flexibility index (Phi) is 11.2. The summed E-state index contributed by atoms with van der Waals surface area (Å²) < 4.78 is 15.8. The lowest BCUT2D eigenvalue weighted by Gasteiger charge is -2.33. The molecular formula is C22H32BClNO7. The number of aliphatic hydroxyl groups excluding tert-OH is 1. The lowest BCUT2D eigenvalue weighted by Crippen LogP contribution is -2.55. The zero-order valence-corrected chi connectivity index (χ0v) is 20.1. The van der Waals surface area contributed by atoms with Gasteiger partial charge in [-0.3, -0.25) is 14.4 Å². The van der Waals surface area contributed by atoms with Crippen LogP contribution in [0.15, 0.2) is 18.2 Å². The molecule has 2 N–H and O–H groups in total. The van der Waals surface area contributed by atoms with Crippen LogP contribution in [0.4, 0.5) is 0 Å². The molecule has 0 bridgehead atoms. The summed E-state index contributed by atoms with van der Waals surface area (Å²) in [5.41, 5.74) is 0.133. The standard InChI is InChI=1S/C22H32BClNO7/c1-15(27)25-22(13-30-16(2)28,14-31-17(3)29)9-8-18-6-7-19(10-20(18)24)23-32-12-21(4,5)11-26/h6-7,10,26H,8-9,11-14H2,1-5H3,(H,25,27). The Bertz CT molecular complexity index is 782. The van der Waals surface area contributed by atoms with Crippen molar-refractivity contribution in [2.45, 2.75) is 53.0 Å². The maximum atomic E-state index is 11.8. The minimum absolute atomic E-state index is 0.0112. The first-order valence-electron chi connectivity index (χ1n) is 10.3. The van der Waals surface area contributed by atoms with Crippen LogP contribution in [-0.2, 0) is 34.9 Å². The molecule has 1 rings (SSSR count). The monoisotopic (exact) mass is 468 g/mol. The van der Waals surface area contributed by atoms with Gasteiger partial charge in [-0.1, -0.05) is 43.0 Å². The molecule has 0 unspecified atom stereocenters. The zero-order valence-electron chi connectivity index (χ0n) is 19.3. The second-order valence-electron chi connectivity index (χ2n) is 8.62. The highest BCUT2D eigenvalue weighted by molar-refractivity contribution is 6.47. The minimum atomic E-state index is -1.09. The van der Waals surface area contributed by atoms with Crippen LogP contribution in [0.2, 0.25) is 5.02 Å². The number of carbonyl (C=O) groups excluding carboxylic acids is 3. The van der Waals surface area contributed by atoms with Gasteiger partial charge in [0.25, 0.3) is 0 Å². The van der Waals surface area contributed by atoms with Crippen LogP contribution < -0.4 is 10.8 Å². The van der Waals surface area contributed by atoms with Gasteiger partial charge in [0.15, 0.2) is 0 Å². The number of halogens is 1. The Hall–Kier alpha value is -2.10. The molecule has 0 aromatic heterocycles. The maximum Gasteiger partial charge on any atom is 0.330 e. The number of esters is 2. The fourth-order valence-electron chi connectivity index (χ4n) is 2.80. The van der Waals surface area contributed by atoms with Crippen molar-refractivity contribution in [3.8, 4) is 0 Å². The Morgan fingerprint density at radius 1 is 1.06 bits per heavy atom. The predicted octanol–water partition coefficient (Wildman–Crippen LogP) is 1.55. The Morgan fingerprint density at radius 3 is 2.12 bits per heavy atom. The van der Waals surface area contributed by atoms with Crippen molar-refractivity contribution in [3.05, 3.63) is 28.8 Å². The van der Waals surface area contributed by atoms with Crippen molar-refractivity contribution in [1.82, 2.24) is 5.32 Å². The van der Waals surface area contributed by atoms with E-state index in [0.717, 1.165) is 11.0 Å². The molecule has 1 radical (unpaired) electrons. The summed E-state index contributed by atoms with van der Waals surface area (Å²) in [7, 11) is 1.58. The number of aliphatic hydroxyl groups is 1. The summed E-state index contributed by atoms with van der Waals surface area (Å²) in [6, 6.07) is 5.43. The molecule has 177 valence electrons. The molecule has 0 aliphatic heterocycles. The molecule has 1 aromatic rings. The van der Waals surface area contributed by atoms with Gasteiger partial charge in [-0.2, -0.15) is 0 Å². The lowest BCUT2D eigenvalue weighted by atomic mass is 9.85. The Balaban J connectivity index is 2.91. The molecule has 0 aliphatic rings. The number of hydrogen-bond acceptors (Lipinski definition) is 7. The van der Waals surface area contributed by atoms with Crippen molar-refractivity contribution < 1.29 is 33.6 Å². The number of ether oxygens (including phenoxy) is 2. The number of aryl methyl sites for hydroxylation is 1. The highest BCUT2D eigenvalue weighted by atomic mass is 35.5. The predicted molar refractivity (Wildman–Crippen MR) is 122 cm³/mol. The average molecular weight is 469 g/mol. The summed E-state index contributed by atoms with van der Waals surface area (Å²) in [6.45, 7) is 7.73. The number of amides is 1. The van der Waals surface area contributed by atoms with Gasteiger partial charge in [-0.25, -0.2) is 0 Å². The second-order valence-corrected chi connectivity index (χ2v) is 9.03. The first-order chi connectivity index (χ1) is 14.9. The summed E-state index contributed by atoms with van der Waals surface area (Å²) in [4.78, 5) is 34.5. The van der Waals surface area contributed by atoms with Gasteiger partial charge in [0.2, 0.25) is 5.91 Å². The molecule has 1 amide bonds. The number of carbonyl (C=O) groups is 3. The summed E-state index contributed by atoms with van der Waals surface area (Å²) in [5.74, 6) is -1.36. The van der Waals surface area contributed by atoms with Crippen LogP contribution in [0.25, 0.3) is 0 Å².